The van der Waals surface area contributed by atoms with Gasteiger partial charge in [0.2, 0.25) is 5.95 Å². The summed E-state index contributed by atoms with van der Waals surface area (Å²) >= 11 is 1.98. The van der Waals surface area contributed by atoms with Gasteiger partial charge in [-0.05, 0) is 28.7 Å². The first-order chi connectivity index (χ1) is 16.0. The molecule has 0 saturated heterocycles. The third kappa shape index (κ3) is 11.1. The molecular weight excluding hydrogens is 572 g/mol. The lowest BCUT2D eigenvalue weighted by atomic mass is 10.6. The maximum atomic E-state index is 12.1. The molecule has 17 nitrogen and oxygen atoms in total. The predicted molar refractivity (Wildman–Crippen MR) is 128 cm³/mol. The van der Waals surface area contributed by atoms with E-state index in [0.29, 0.717) is 11.6 Å². The summed E-state index contributed by atoms with van der Waals surface area (Å²) in [6.45, 7) is 0. The van der Waals surface area contributed by atoms with Crippen molar-refractivity contribution in [3.8, 4) is 0 Å². The zero-order chi connectivity index (χ0) is 25.7. The van der Waals surface area contributed by atoms with Gasteiger partial charge in [-0.2, -0.15) is 9.97 Å². The number of hydrogen-bond donors (Lipinski definition) is 8. The molecule has 0 radical (unpaired) electrons. The van der Waals surface area contributed by atoms with E-state index in [1.54, 1.807) is 0 Å². The van der Waals surface area contributed by atoms with E-state index in [9.17, 15) is 23.6 Å². The molecule has 0 unspecified atom stereocenters. The van der Waals surface area contributed by atoms with Crippen LogP contribution in [0.2, 0.25) is 0 Å². The number of nitrogens with zero attached hydrogens (tertiary/aromatic N) is 5. The van der Waals surface area contributed by atoms with Crippen molar-refractivity contribution in [2.45, 2.75) is 0 Å². The summed E-state index contributed by atoms with van der Waals surface area (Å²) < 4.78 is 12.9. The summed E-state index contributed by atoms with van der Waals surface area (Å²) in [5.41, 5.74) is 18.5. The van der Waals surface area contributed by atoms with Crippen LogP contribution in [0.4, 0.5) is 27.8 Å². The minimum absolute atomic E-state index is 0.0880. The first kappa shape index (κ1) is 27.3. The Morgan fingerprint density at radius 2 is 1.26 bits per heavy atom. The number of hydrogen-bond acceptors (Lipinski definition) is 13. The van der Waals surface area contributed by atoms with Gasteiger partial charge in [0.15, 0.2) is 5.82 Å². The maximum absolute atomic E-state index is 12.1. The monoisotopic (exact) mass is 589 g/mol. The van der Waals surface area contributed by atoms with Gasteiger partial charge >= 0.3 is 22.8 Å². The van der Waals surface area contributed by atoms with E-state index in [-0.39, 0.29) is 11.8 Å². The fourth-order valence-electron chi connectivity index (χ4n) is 1.48. The van der Waals surface area contributed by atoms with Crippen molar-refractivity contribution < 1.29 is 4.39 Å². The lowest BCUT2D eigenvalue weighted by Crippen LogP contribution is -2.12. The molecule has 19 heteroatoms. The first-order valence-corrected chi connectivity index (χ1v) is 9.54. The summed E-state index contributed by atoms with van der Waals surface area (Å²) in [6, 6.07) is 1.52. The van der Waals surface area contributed by atoms with Gasteiger partial charge in [-0.25, -0.2) is 38.5 Å². The summed E-state index contributed by atoms with van der Waals surface area (Å²) in [4.78, 5) is 66.4. The summed E-state index contributed by atoms with van der Waals surface area (Å²) in [5, 5.41) is 0. The molecule has 12 N–H and O–H groups in total. The van der Waals surface area contributed by atoms with Crippen molar-refractivity contribution in [3.05, 3.63) is 82.3 Å². The minimum atomic E-state index is -0.713. The smallest absolute Gasteiger partial charge is 0.349 e. The second-order valence-electron chi connectivity index (χ2n) is 5.42. The van der Waals surface area contributed by atoms with E-state index < -0.39 is 28.6 Å². The van der Waals surface area contributed by atoms with Crippen LogP contribution in [0.1, 0.15) is 0 Å². The molecule has 0 aliphatic carbocycles. The minimum Gasteiger partial charge on any atom is -0.385 e. The van der Waals surface area contributed by atoms with Crippen molar-refractivity contribution in [1.29, 1.82) is 0 Å². The maximum Gasteiger partial charge on any atom is 0.349 e. The normalized spacial score (nSPS) is 9.24. The molecule has 4 heterocycles. The van der Waals surface area contributed by atoms with Crippen LogP contribution in [0, 0.1) is 9.39 Å². The van der Waals surface area contributed by atoms with Crippen molar-refractivity contribution in [2.24, 2.45) is 0 Å². The number of halogens is 2. The molecule has 0 fully saturated rings. The average Bonchev–Trinajstić information content (AvgIpc) is 2.75. The third-order valence-electron chi connectivity index (χ3n) is 2.89. The van der Waals surface area contributed by atoms with Crippen LogP contribution in [-0.2, 0) is 0 Å². The Labute approximate surface area is 200 Å². The lowest BCUT2D eigenvalue weighted by Gasteiger charge is -1.91. The lowest BCUT2D eigenvalue weighted by molar-refractivity contribution is 0.617. The highest BCUT2D eigenvalue weighted by Gasteiger charge is 1.95. The SMILES string of the molecule is Nc1[nH]c(=O)ncc1F.Nc1[nH]c(=O)ncc1I.Nc1ccnc(=O)[nH]1.Nc1ncnc(=O)[nH]1. The largest absolute Gasteiger partial charge is 0.385 e. The van der Waals surface area contributed by atoms with Crippen LogP contribution in [0.3, 0.4) is 0 Å². The van der Waals surface area contributed by atoms with E-state index in [4.69, 9.17) is 22.9 Å². The molecule has 0 atom stereocenters. The van der Waals surface area contributed by atoms with Crippen molar-refractivity contribution in [1.82, 2.24) is 44.9 Å². The topological polar surface area (TPSA) is 300 Å². The van der Waals surface area contributed by atoms with Gasteiger partial charge in [0.1, 0.15) is 23.8 Å². The number of nitrogens with one attached hydrogen (secondary N) is 4. The molecule has 34 heavy (non-hydrogen) atoms. The van der Waals surface area contributed by atoms with E-state index in [1.165, 1.54) is 18.5 Å². The standard InChI is InChI=1S/C4H4FN3O.C4H4IN3O.C4H5N3O.C3H4N4O/c2*5-2-1-7-4(9)8-3(2)6;5-3-1-2-6-4(8)7-3;4-2-5-1-6-3(8)7-2/h2*1H,(H3,6,7,8,9);1-2H,(H3,5,6,7,8);1H,(H3,4,5,6,7,8). The molecule has 0 amide bonds. The summed E-state index contributed by atoms with van der Waals surface area (Å²) in [7, 11) is 0. The highest BCUT2D eigenvalue weighted by Crippen LogP contribution is 2.05. The van der Waals surface area contributed by atoms with Crippen LogP contribution in [0.5, 0.6) is 0 Å². The van der Waals surface area contributed by atoms with Crippen LogP contribution in [-0.4, -0.2) is 44.9 Å². The van der Waals surface area contributed by atoms with E-state index in [1.807, 2.05) is 27.6 Å². The van der Waals surface area contributed by atoms with Crippen LogP contribution in [0.15, 0.2) is 50.2 Å². The van der Waals surface area contributed by atoms with Crippen LogP contribution < -0.4 is 45.7 Å². The van der Waals surface area contributed by atoms with Gasteiger partial charge < -0.3 is 22.9 Å². The number of aromatic amines is 4. The van der Waals surface area contributed by atoms with Crippen molar-refractivity contribution in [3.63, 3.8) is 0 Å². The fraction of sp³-hybridized carbons (Fsp3) is 0. The van der Waals surface area contributed by atoms with Gasteiger partial charge in [-0.3, -0.25) is 19.9 Å². The van der Waals surface area contributed by atoms with Crippen LogP contribution in [0.25, 0.3) is 0 Å². The van der Waals surface area contributed by atoms with Crippen molar-refractivity contribution >= 4 is 46.0 Å². The first-order valence-electron chi connectivity index (χ1n) is 8.46. The number of anilines is 4. The quantitative estimate of drug-likeness (QED) is 0.0989. The van der Waals surface area contributed by atoms with Gasteiger partial charge in [0.05, 0.1) is 9.77 Å². The molecular formula is C15H17FIN13O4. The number of rotatable bonds is 0. The molecule has 4 rings (SSSR count). The Kier molecular flexibility index (Phi) is 11.0. The second kappa shape index (κ2) is 13.7. The number of nitrogens with two attached hydrogens (primary N) is 4. The zero-order valence-electron chi connectivity index (χ0n) is 16.8. The number of nitrogen functional groups attached to an aromatic ring is 4. The van der Waals surface area contributed by atoms with Gasteiger partial charge in [0.25, 0.3) is 0 Å². The predicted octanol–water partition coefficient (Wildman–Crippen LogP) is -2.45. The Morgan fingerprint density at radius 1 is 0.706 bits per heavy atom. The fourth-order valence-corrected chi connectivity index (χ4v) is 1.76. The Bertz CT molecular complexity index is 1330. The molecule has 0 spiro atoms. The van der Waals surface area contributed by atoms with E-state index >= 15 is 0 Å². The van der Waals surface area contributed by atoms with E-state index in [0.717, 1.165) is 16.1 Å². The zero-order valence-corrected chi connectivity index (χ0v) is 19.0. The van der Waals surface area contributed by atoms with Crippen LogP contribution >= 0.6 is 22.6 Å². The Morgan fingerprint density at radius 3 is 1.65 bits per heavy atom. The number of H-pyrrole nitrogens is 4. The molecule has 4 aromatic rings. The summed E-state index contributed by atoms with van der Waals surface area (Å²) in [5.74, 6) is -0.199. The molecule has 180 valence electrons. The highest BCUT2D eigenvalue weighted by atomic mass is 127. The van der Waals surface area contributed by atoms with E-state index in [2.05, 4.69) is 39.9 Å². The van der Waals surface area contributed by atoms with Gasteiger partial charge in [-0.15, -0.1) is 0 Å². The highest BCUT2D eigenvalue weighted by molar-refractivity contribution is 14.1. The molecule has 0 aromatic carbocycles. The van der Waals surface area contributed by atoms with Gasteiger partial charge in [-0.1, -0.05) is 0 Å². The molecule has 0 aliphatic rings. The number of aromatic nitrogens is 9. The molecule has 0 aliphatic heterocycles. The Hall–Kier alpha value is -4.69. The molecule has 0 saturated carbocycles. The molecule has 0 bridgehead atoms. The third-order valence-corrected chi connectivity index (χ3v) is 3.75. The molecule has 4 aromatic heterocycles. The second-order valence-corrected chi connectivity index (χ2v) is 6.58. The van der Waals surface area contributed by atoms with Gasteiger partial charge in [0, 0.05) is 12.4 Å². The average molecular weight is 589 g/mol. The Balaban J connectivity index is 0.000000227. The van der Waals surface area contributed by atoms with Crippen molar-refractivity contribution in [2.75, 3.05) is 22.9 Å². The summed E-state index contributed by atoms with van der Waals surface area (Å²) in [6.07, 6.45) is 4.66.